The Hall–Kier alpha value is -1.30. The van der Waals surface area contributed by atoms with Crippen LogP contribution in [0.1, 0.15) is 16.7 Å². The molecule has 1 aliphatic rings. The summed E-state index contributed by atoms with van der Waals surface area (Å²) >= 11 is 0. The van der Waals surface area contributed by atoms with Crippen LogP contribution in [0.25, 0.3) is 0 Å². The first-order chi connectivity index (χ1) is 11.0. The number of rotatable bonds is 5. The van der Waals surface area contributed by atoms with Crippen LogP contribution in [0.3, 0.4) is 0 Å². The number of piperazine rings is 1. The van der Waals surface area contributed by atoms with Crippen molar-refractivity contribution in [1.82, 2.24) is 10.2 Å². The average Bonchev–Trinajstić information content (AvgIpc) is 2.42. The first-order valence-corrected chi connectivity index (χ1v) is 9.83. The average molecular weight is 384 g/mol. The predicted octanol–water partition coefficient (Wildman–Crippen LogP) is 0.960. The highest BCUT2D eigenvalue weighted by atomic mass is 32.3. The molecule has 0 aliphatic carbocycles. The fourth-order valence-electron chi connectivity index (χ4n) is 2.75. The Morgan fingerprint density at radius 2 is 1.71 bits per heavy atom. The molecule has 0 unspecified atom stereocenters. The van der Waals surface area contributed by atoms with Gasteiger partial charge in [0.25, 0.3) is 0 Å². The van der Waals surface area contributed by atoms with Crippen LogP contribution in [0, 0.1) is 13.8 Å². The van der Waals surface area contributed by atoms with Gasteiger partial charge in [0.2, 0.25) is 0 Å². The first-order valence-electron chi connectivity index (χ1n) is 7.14. The zero-order valence-corrected chi connectivity index (χ0v) is 14.8. The summed E-state index contributed by atoms with van der Waals surface area (Å²) in [6.45, 7) is 5.69. The Balaban J connectivity index is 2.54. The monoisotopic (exact) mass is 384 g/mol. The van der Waals surface area contributed by atoms with E-state index in [-0.39, 0.29) is 17.7 Å². The molecule has 24 heavy (non-hydrogen) atoms. The third-order valence-corrected chi connectivity index (χ3v) is 5.35. The fraction of sp³-hybridized carbons (Fsp3) is 0.538. The molecule has 1 fully saturated rings. The van der Waals surface area contributed by atoms with Crippen LogP contribution in [0.15, 0.2) is 11.0 Å². The van der Waals surface area contributed by atoms with Crippen LogP contribution in [0.4, 0.5) is 7.77 Å². The maximum atomic E-state index is 13.7. The lowest BCUT2D eigenvalue weighted by molar-refractivity contribution is 0.232. The van der Waals surface area contributed by atoms with Gasteiger partial charge in [0.15, 0.2) is 0 Å². The second kappa shape index (κ2) is 6.90. The minimum Gasteiger partial charge on any atom is -0.358 e. The normalized spacial score (nSPS) is 17.0. The van der Waals surface area contributed by atoms with Gasteiger partial charge in [-0.15, -0.1) is 3.89 Å². The quantitative estimate of drug-likeness (QED) is 0.756. The Kier molecular flexibility index (Phi) is 5.47. The summed E-state index contributed by atoms with van der Waals surface area (Å²) in [6, 6.07) is 1.23. The van der Waals surface area contributed by atoms with E-state index in [1.54, 1.807) is 0 Å². The molecular weight excluding hydrogens is 366 g/mol. The maximum absolute atomic E-state index is 13.7. The zero-order valence-electron chi connectivity index (χ0n) is 13.2. The first kappa shape index (κ1) is 19.0. The van der Waals surface area contributed by atoms with E-state index in [2.05, 4.69) is 9.50 Å². The van der Waals surface area contributed by atoms with Crippen molar-refractivity contribution in [3.05, 3.63) is 22.8 Å². The van der Waals surface area contributed by atoms with Crippen molar-refractivity contribution >= 4 is 20.7 Å². The van der Waals surface area contributed by atoms with Crippen molar-refractivity contribution < 1.29 is 28.8 Å². The van der Waals surface area contributed by atoms with Gasteiger partial charge in [-0.1, -0.05) is 3.89 Å². The van der Waals surface area contributed by atoms with Crippen LogP contribution in [0.2, 0.25) is 0 Å². The summed E-state index contributed by atoms with van der Waals surface area (Å²) in [7, 11) is -10.5. The summed E-state index contributed by atoms with van der Waals surface area (Å²) in [4.78, 5) is 1.30. The highest BCUT2D eigenvalue weighted by Crippen LogP contribution is 2.34. The lowest BCUT2D eigenvalue weighted by atomic mass is 10.0. The number of nitrogens with zero attached hydrogens (tertiary/aromatic N) is 1. The Labute approximate surface area is 140 Å². The fourth-order valence-corrected chi connectivity index (χ4v) is 4.10. The van der Waals surface area contributed by atoms with Gasteiger partial charge in [0.05, 0.1) is 0 Å². The van der Waals surface area contributed by atoms with Gasteiger partial charge in [-0.25, -0.2) is 0 Å². The van der Waals surface area contributed by atoms with Crippen molar-refractivity contribution in [2.75, 3.05) is 26.2 Å². The van der Waals surface area contributed by atoms with Crippen LogP contribution >= 0.6 is 0 Å². The van der Waals surface area contributed by atoms with E-state index in [1.165, 1.54) is 13.0 Å². The molecule has 11 heteroatoms. The second-order valence-electron chi connectivity index (χ2n) is 5.55. The Bertz CT molecular complexity index is 834. The van der Waals surface area contributed by atoms with Crippen molar-refractivity contribution in [3.63, 3.8) is 0 Å². The minimum atomic E-state index is -5.37. The largest absolute Gasteiger partial charge is 0.488 e. The van der Waals surface area contributed by atoms with Gasteiger partial charge in [-0.05, 0) is 31.0 Å². The highest BCUT2D eigenvalue weighted by Gasteiger charge is 2.27. The lowest BCUT2D eigenvalue weighted by Gasteiger charge is -2.28. The van der Waals surface area contributed by atoms with Crippen molar-refractivity contribution in [1.29, 1.82) is 0 Å². The van der Waals surface area contributed by atoms with E-state index in [4.69, 9.17) is 0 Å². The van der Waals surface area contributed by atoms with Gasteiger partial charge >= 0.3 is 20.7 Å². The Morgan fingerprint density at radius 3 is 2.21 bits per heavy atom. The number of benzene rings is 1. The SMILES string of the molecule is Cc1c(CN2CCNCC2)cc(OS(=O)(=O)F)c(C)c1S(=O)(=O)F. The molecule has 0 amide bonds. The lowest BCUT2D eigenvalue weighted by Crippen LogP contribution is -2.43. The molecule has 0 spiro atoms. The predicted molar refractivity (Wildman–Crippen MR) is 83.0 cm³/mol. The van der Waals surface area contributed by atoms with Gasteiger partial charge in [0, 0.05) is 38.3 Å². The smallest absolute Gasteiger partial charge is 0.358 e. The molecule has 1 aromatic carbocycles. The van der Waals surface area contributed by atoms with Gasteiger partial charge < -0.3 is 9.50 Å². The molecule has 0 atom stereocenters. The summed E-state index contributed by atoms with van der Waals surface area (Å²) < 4.78 is 75.1. The number of hydrogen-bond donors (Lipinski definition) is 1. The molecule has 1 heterocycles. The zero-order chi connectivity index (χ0) is 18.1. The van der Waals surface area contributed by atoms with Crippen molar-refractivity contribution in [2.24, 2.45) is 0 Å². The summed E-state index contributed by atoms with van der Waals surface area (Å²) in [5.74, 6) is -0.538. The molecular formula is C13H18F2N2O5S2. The molecule has 136 valence electrons. The molecule has 0 radical (unpaired) electrons. The molecule has 1 saturated heterocycles. The van der Waals surface area contributed by atoms with E-state index in [1.807, 2.05) is 4.90 Å². The van der Waals surface area contributed by atoms with Gasteiger partial charge in [0.1, 0.15) is 10.6 Å². The number of hydrogen-bond acceptors (Lipinski definition) is 7. The molecule has 1 aromatic rings. The van der Waals surface area contributed by atoms with Crippen LogP contribution < -0.4 is 9.50 Å². The van der Waals surface area contributed by atoms with E-state index >= 15 is 0 Å². The van der Waals surface area contributed by atoms with E-state index in [0.717, 1.165) is 20.0 Å². The number of nitrogens with one attached hydrogen (secondary N) is 1. The van der Waals surface area contributed by atoms with Crippen LogP contribution in [-0.2, 0) is 27.3 Å². The molecule has 0 saturated carbocycles. The third kappa shape index (κ3) is 4.62. The number of halogens is 2. The van der Waals surface area contributed by atoms with E-state index in [9.17, 15) is 24.6 Å². The molecule has 0 bridgehead atoms. The second-order valence-corrected chi connectivity index (χ2v) is 7.79. The van der Waals surface area contributed by atoms with Gasteiger partial charge in [-0.2, -0.15) is 16.8 Å². The molecule has 7 nitrogen and oxygen atoms in total. The van der Waals surface area contributed by atoms with Crippen molar-refractivity contribution in [2.45, 2.75) is 25.3 Å². The summed E-state index contributed by atoms with van der Waals surface area (Å²) in [5, 5.41) is 3.15. The van der Waals surface area contributed by atoms with Crippen LogP contribution in [0.5, 0.6) is 5.75 Å². The van der Waals surface area contributed by atoms with E-state index in [0.29, 0.717) is 18.7 Å². The third-order valence-electron chi connectivity index (χ3n) is 3.87. The van der Waals surface area contributed by atoms with E-state index < -0.39 is 31.4 Å². The topological polar surface area (TPSA) is 92.8 Å². The summed E-state index contributed by atoms with van der Waals surface area (Å²) in [6.07, 6.45) is 0. The molecule has 1 N–H and O–H groups in total. The minimum absolute atomic E-state index is 0.150. The maximum Gasteiger partial charge on any atom is 0.488 e. The standard InChI is InChI=1S/C13H18F2N2O5S2/c1-9-11(8-17-5-3-16-4-6-17)7-12(22-24(15,20)21)10(2)13(9)23(14,18)19/h7,16H,3-6,8H2,1-2H3. The molecule has 0 aromatic heterocycles. The van der Waals surface area contributed by atoms with Crippen LogP contribution in [-0.4, -0.2) is 47.9 Å². The molecule has 1 aliphatic heterocycles. The highest BCUT2D eigenvalue weighted by molar-refractivity contribution is 7.86. The van der Waals surface area contributed by atoms with Gasteiger partial charge in [-0.3, -0.25) is 4.90 Å². The van der Waals surface area contributed by atoms with Crippen molar-refractivity contribution in [3.8, 4) is 5.75 Å². The Morgan fingerprint density at radius 1 is 1.12 bits per heavy atom. The summed E-state index contributed by atoms with van der Waals surface area (Å²) in [5.41, 5.74) is 0.217. The molecule has 2 rings (SSSR count).